The molecule has 1 aromatic carbocycles. The van der Waals surface area contributed by atoms with E-state index in [1.54, 1.807) is 0 Å². The van der Waals surface area contributed by atoms with Crippen LogP contribution in [0.5, 0.6) is 5.75 Å². The number of carbonyl (C=O) groups is 1. The molecule has 10 nitrogen and oxygen atoms in total. The topological polar surface area (TPSA) is 121 Å². The monoisotopic (exact) mass is 424 g/mol. The molecule has 2 rings (SSSR count). The number of likely N-dealkylation sites (N-methyl/N-ethyl adjacent to an activating group) is 1. The summed E-state index contributed by atoms with van der Waals surface area (Å²) in [5.74, 6) is 4.12. The summed E-state index contributed by atoms with van der Waals surface area (Å²) in [6.45, 7) is 0.379. The molecule has 0 unspecified atom stereocenters. The molecule has 0 aliphatic carbocycles. The molecule has 156 valence electrons. The number of rotatable bonds is 6. The highest BCUT2D eigenvalue weighted by molar-refractivity contribution is 7.89. The fourth-order valence-corrected chi connectivity index (χ4v) is 3.98. The van der Waals surface area contributed by atoms with Crippen molar-refractivity contribution < 1.29 is 31.1 Å². The average molecular weight is 424 g/mol. The number of benzene rings is 1. The van der Waals surface area contributed by atoms with Crippen LogP contribution in [0.15, 0.2) is 39.6 Å². The second-order valence-electron chi connectivity index (χ2n) is 5.82. The molecular formula is C14H19F3N6O4S. The van der Waals surface area contributed by atoms with Gasteiger partial charge in [0.25, 0.3) is 0 Å². The molecule has 1 aromatic rings. The molecule has 0 aromatic heterocycles. The molecule has 28 heavy (non-hydrogen) atoms. The molecule has 0 saturated carbocycles. The molecule has 14 heteroatoms. The zero-order chi connectivity index (χ0) is 20.9. The van der Waals surface area contributed by atoms with Crippen LogP contribution < -0.4 is 10.6 Å². The number of sulfonamides is 1. The second-order valence-corrected chi connectivity index (χ2v) is 7.76. The lowest BCUT2D eigenvalue weighted by Gasteiger charge is -2.34. The zero-order valence-corrected chi connectivity index (χ0v) is 15.6. The first-order valence-corrected chi connectivity index (χ1v) is 9.42. The maximum absolute atomic E-state index is 12.6. The summed E-state index contributed by atoms with van der Waals surface area (Å²) in [7, 11) is -2.39. The van der Waals surface area contributed by atoms with Crippen LogP contribution >= 0.6 is 0 Å². The van der Waals surface area contributed by atoms with Crippen molar-refractivity contribution in [1.82, 2.24) is 14.2 Å². The smallest absolute Gasteiger partial charge is 0.406 e. The lowest BCUT2D eigenvalue weighted by molar-refractivity contribution is -0.274. The van der Waals surface area contributed by atoms with Crippen LogP contribution in [0.25, 0.3) is 0 Å². The maximum Gasteiger partial charge on any atom is 0.573 e. The van der Waals surface area contributed by atoms with E-state index in [0.29, 0.717) is 0 Å². The van der Waals surface area contributed by atoms with Crippen LogP contribution in [0.4, 0.5) is 13.2 Å². The Bertz CT molecular complexity index is 807. The summed E-state index contributed by atoms with van der Waals surface area (Å²) < 4.78 is 66.7. The number of amides is 1. The molecule has 0 spiro atoms. The molecule has 1 heterocycles. The van der Waals surface area contributed by atoms with Gasteiger partial charge in [-0.3, -0.25) is 9.80 Å². The van der Waals surface area contributed by atoms with Crippen molar-refractivity contribution in [3.63, 3.8) is 0 Å². The Hall–Kier alpha value is -2.61. The van der Waals surface area contributed by atoms with Crippen LogP contribution in [0.3, 0.4) is 0 Å². The first-order valence-electron chi connectivity index (χ1n) is 7.98. The molecule has 0 bridgehead atoms. The van der Waals surface area contributed by atoms with Gasteiger partial charge >= 0.3 is 6.36 Å². The van der Waals surface area contributed by atoms with Crippen LogP contribution in [0.1, 0.15) is 0 Å². The lowest BCUT2D eigenvalue weighted by atomic mass is 10.3. The highest BCUT2D eigenvalue weighted by Gasteiger charge is 2.32. The fourth-order valence-electron chi connectivity index (χ4n) is 2.56. The van der Waals surface area contributed by atoms with E-state index in [4.69, 9.17) is 5.84 Å². The van der Waals surface area contributed by atoms with Crippen molar-refractivity contribution >= 4 is 15.9 Å². The van der Waals surface area contributed by atoms with Gasteiger partial charge in [-0.1, -0.05) is 10.4 Å². The maximum atomic E-state index is 12.6. The van der Waals surface area contributed by atoms with Crippen molar-refractivity contribution in [2.75, 3.05) is 39.8 Å². The second kappa shape index (κ2) is 8.60. The quantitative estimate of drug-likeness (QED) is 0.405. The van der Waals surface area contributed by atoms with Gasteiger partial charge in [0.15, 0.2) is 0 Å². The predicted octanol–water partition coefficient (Wildman–Crippen LogP) is 0.591. The Balaban J connectivity index is 1.98. The van der Waals surface area contributed by atoms with Gasteiger partial charge in [0.05, 0.1) is 4.90 Å². The summed E-state index contributed by atoms with van der Waals surface area (Å²) in [6, 6.07) is 3.95. The van der Waals surface area contributed by atoms with E-state index in [-0.39, 0.29) is 43.5 Å². The van der Waals surface area contributed by atoms with Crippen LogP contribution in [0, 0.1) is 0 Å². The Kier molecular flexibility index (Phi) is 6.66. The lowest BCUT2D eigenvalue weighted by Crippen LogP contribution is -2.52. The first-order chi connectivity index (χ1) is 13.0. The van der Waals surface area contributed by atoms with E-state index in [1.165, 1.54) is 21.3 Å². The first kappa shape index (κ1) is 21.7. The molecule has 1 saturated heterocycles. The minimum Gasteiger partial charge on any atom is -0.406 e. The summed E-state index contributed by atoms with van der Waals surface area (Å²) in [4.78, 5) is 13.4. The van der Waals surface area contributed by atoms with Gasteiger partial charge in [0, 0.05) is 33.2 Å². The minimum atomic E-state index is -4.86. The number of hydrogen-bond acceptors (Lipinski definition) is 6. The number of alkyl halides is 3. The predicted molar refractivity (Wildman–Crippen MR) is 90.1 cm³/mol. The molecule has 1 amide bonds. The van der Waals surface area contributed by atoms with Gasteiger partial charge in [-0.2, -0.15) is 4.31 Å². The molecule has 1 aliphatic rings. The summed E-state index contributed by atoms with van der Waals surface area (Å²) in [5.41, 5.74) is 0. The van der Waals surface area contributed by atoms with Crippen molar-refractivity contribution in [3.8, 4) is 5.75 Å². The van der Waals surface area contributed by atoms with Crippen molar-refractivity contribution in [1.29, 1.82) is 0 Å². The van der Waals surface area contributed by atoms with E-state index in [2.05, 4.69) is 15.2 Å². The Morgan fingerprint density at radius 2 is 1.79 bits per heavy atom. The van der Waals surface area contributed by atoms with Gasteiger partial charge in [-0.25, -0.2) is 8.42 Å². The minimum absolute atomic E-state index is 0.0526. The van der Waals surface area contributed by atoms with Crippen molar-refractivity contribution in [2.45, 2.75) is 11.3 Å². The third-order valence-electron chi connectivity index (χ3n) is 3.85. The molecule has 1 aliphatic heterocycles. The third kappa shape index (κ3) is 5.69. The van der Waals surface area contributed by atoms with Gasteiger partial charge in [-0.15, -0.1) is 13.2 Å². The number of halogens is 3. The number of nitrogens with two attached hydrogens (primary N) is 1. The normalized spacial score (nSPS) is 16.4. The van der Waals surface area contributed by atoms with Crippen molar-refractivity contribution in [2.24, 2.45) is 16.3 Å². The number of piperazine rings is 1. The standard InChI is InChI=1S/C14H19F3N6O4S/c1-21(20-19-18)10-13(24)22-6-8-23(9-7-22)28(25,26)12-4-2-11(3-5-12)27-14(15,16)17/h2-5H,6-10H2,1H3,(H2,18,20). The van der Waals surface area contributed by atoms with Gasteiger partial charge < -0.3 is 15.5 Å². The van der Waals surface area contributed by atoms with E-state index >= 15 is 0 Å². The summed E-state index contributed by atoms with van der Waals surface area (Å²) >= 11 is 0. The fraction of sp³-hybridized carbons (Fsp3) is 0.500. The Labute approximate surface area is 159 Å². The number of hydrogen-bond donors (Lipinski definition) is 1. The Morgan fingerprint density at radius 1 is 1.21 bits per heavy atom. The third-order valence-corrected chi connectivity index (χ3v) is 5.77. The van der Waals surface area contributed by atoms with Crippen molar-refractivity contribution in [3.05, 3.63) is 24.3 Å². The van der Waals surface area contributed by atoms with E-state index in [9.17, 15) is 26.4 Å². The SMILES string of the molecule is CN(CC(=O)N1CCN(S(=O)(=O)c2ccc(OC(F)(F)F)cc2)CC1)/N=N\N. The van der Waals surface area contributed by atoms with Crippen LogP contribution in [0.2, 0.25) is 0 Å². The molecule has 1 fully saturated rings. The molecule has 2 N–H and O–H groups in total. The van der Waals surface area contributed by atoms with Gasteiger partial charge in [0.1, 0.15) is 12.3 Å². The molecule has 0 radical (unpaired) electrons. The van der Waals surface area contributed by atoms with Crippen LogP contribution in [-0.4, -0.2) is 74.7 Å². The molecular weight excluding hydrogens is 405 g/mol. The average Bonchev–Trinajstić information content (AvgIpc) is 2.61. The van der Waals surface area contributed by atoms with Gasteiger partial charge in [-0.05, 0) is 24.3 Å². The zero-order valence-electron chi connectivity index (χ0n) is 14.8. The summed E-state index contributed by atoms with van der Waals surface area (Å²) in [6.07, 6.45) is -4.86. The largest absolute Gasteiger partial charge is 0.573 e. The van der Waals surface area contributed by atoms with E-state index < -0.39 is 22.1 Å². The number of nitrogens with zero attached hydrogens (tertiary/aromatic N) is 5. The number of carbonyl (C=O) groups excluding carboxylic acids is 1. The summed E-state index contributed by atoms with van der Waals surface area (Å²) in [5, 5.41) is 7.79. The van der Waals surface area contributed by atoms with E-state index in [1.807, 2.05) is 0 Å². The van der Waals surface area contributed by atoms with E-state index in [0.717, 1.165) is 24.3 Å². The highest BCUT2D eigenvalue weighted by Crippen LogP contribution is 2.25. The van der Waals surface area contributed by atoms with Crippen LogP contribution in [-0.2, 0) is 14.8 Å². The molecule has 0 atom stereocenters. The highest BCUT2D eigenvalue weighted by atomic mass is 32.2. The van der Waals surface area contributed by atoms with Gasteiger partial charge in [0.2, 0.25) is 15.9 Å². The Morgan fingerprint density at radius 3 is 2.29 bits per heavy atom. The number of ether oxygens (including phenoxy) is 1.